The molecule has 1 atom stereocenters. The Balaban J connectivity index is 1.82. The number of Topliss-reactive ketones (excluding diaryl/α,β-unsaturated/α-hetero) is 1. The first kappa shape index (κ1) is 16.2. The lowest BCUT2D eigenvalue weighted by molar-refractivity contribution is 0.0908. The fourth-order valence-electron chi connectivity index (χ4n) is 3.40. The molecule has 1 aliphatic heterocycles. The van der Waals surface area contributed by atoms with Crippen molar-refractivity contribution in [2.45, 2.75) is 19.4 Å². The summed E-state index contributed by atoms with van der Waals surface area (Å²) in [6.45, 7) is 2.92. The maximum Gasteiger partial charge on any atom is 0.178 e. The van der Waals surface area contributed by atoms with Crippen LogP contribution < -0.4 is 0 Å². The molecular formula is C17H22N2O3S. The maximum absolute atomic E-state index is 12.8. The van der Waals surface area contributed by atoms with Crippen LogP contribution in [0.25, 0.3) is 10.9 Å². The Hall–Kier alpha value is -1.66. The summed E-state index contributed by atoms with van der Waals surface area (Å²) >= 11 is 0. The summed E-state index contributed by atoms with van der Waals surface area (Å²) in [7, 11) is -1.01. The quantitative estimate of drug-likeness (QED) is 0.783. The monoisotopic (exact) mass is 334 g/mol. The van der Waals surface area contributed by atoms with Gasteiger partial charge in [0, 0.05) is 35.8 Å². The van der Waals surface area contributed by atoms with E-state index in [2.05, 4.69) is 0 Å². The molecule has 3 rings (SSSR count). The van der Waals surface area contributed by atoms with Crippen LogP contribution in [0.1, 0.15) is 23.7 Å². The van der Waals surface area contributed by atoms with Gasteiger partial charge in [-0.2, -0.15) is 0 Å². The second-order valence-corrected chi connectivity index (χ2v) is 8.44. The van der Waals surface area contributed by atoms with E-state index < -0.39 is 9.84 Å². The number of rotatable bonds is 5. The summed E-state index contributed by atoms with van der Waals surface area (Å²) < 4.78 is 25.3. The van der Waals surface area contributed by atoms with Crippen molar-refractivity contribution in [1.29, 1.82) is 0 Å². The number of ketones is 1. The number of carbonyl (C=O) groups excluding carboxylic acids is 1. The zero-order valence-electron chi connectivity index (χ0n) is 13.5. The molecule has 1 aromatic heterocycles. The van der Waals surface area contributed by atoms with Gasteiger partial charge in [-0.1, -0.05) is 25.1 Å². The second kappa shape index (κ2) is 6.09. The molecule has 1 fully saturated rings. The minimum atomic E-state index is -2.94. The number of carbonyl (C=O) groups is 1. The molecule has 6 heteroatoms. The van der Waals surface area contributed by atoms with E-state index in [0.717, 1.165) is 10.9 Å². The molecule has 2 aromatic rings. The maximum atomic E-state index is 12.8. The van der Waals surface area contributed by atoms with E-state index in [1.807, 2.05) is 53.9 Å². The zero-order valence-corrected chi connectivity index (χ0v) is 14.3. The molecule has 23 heavy (non-hydrogen) atoms. The third-order valence-corrected chi connectivity index (χ3v) is 6.43. The Labute approximate surface area is 136 Å². The highest BCUT2D eigenvalue weighted by atomic mass is 32.2. The lowest BCUT2D eigenvalue weighted by Gasteiger charge is -2.25. The average Bonchev–Trinajstić information content (AvgIpc) is 3.05. The molecule has 0 amide bonds. The lowest BCUT2D eigenvalue weighted by Crippen LogP contribution is -2.39. The highest BCUT2D eigenvalue weighted by Gasteiger charge is 2.32. The van der Waals surface area contributed by atoms with Crippen LogP contribution in [0.2, 0.25) is 0 Å². The molecule has 1 aromatic carbocycles. The average molecular weight is 334 g/mol. The van der Waals surface area contributed by atoms with Crippen LogP contribution in [0.5, 0.6) is 0 Å². The molecule has 0 N–H and O–H groups in total. The first-order valence-electron chi connectivity index (χ1n) is 7.93. The van der Waals surface area contributed by atoms with Crippen molar-refractivity contribution in [2.75, 3.05) is 24.6 Å². The third-order valence-electron chi connectivity index (χ3n) is 4.68. The van der Waals surface area contributed by atoms with Gasteiger partial charge >= 0.3 is 0 Å². The molecule has 0 saturated carbocycles. The van der Waals surface area contributed by atoms with Gasteiger partial charge in [0.2, 0.25) is 0 Å². The van der Waals surface area contributed by atoms with Gasteiger partial charge in [0.15, 0.2) is 15.6 Å². The number of aromatic nitrogens is 1. The summed E-state index contributed by atoms with van der Waals surface area (Å²) in [6.07, 6.45) is 2.49. The number of likely N-dealkylation sites (N-methyl/N-ethyl adjacent to an activating group) is 1. The topological polar surface area (TPSA) is 59.4 Å². The molecule has 5 nitrogen and oxygen atoms in total. The first-order valence-corrected chi connectivity index (χ1v) is 9.75. The lowest BCUT2D eigenvalue weighted by atomic mass is 10.1. The number of sulfone groups is 1. The highest BCUT2D eigenvalue weighted by Crippen LogP contribution is 2.22. The van der Waals surface area contributed by atoms with Crippen LogP contribution >= 0.6 is 0 Å². The number of fused-ring (bicyclic) bond motifs is 1. The van der Waals surface area contributed by atoms with Crippen molar-refractivity contribution in [1.82, 2.24) is 9.47 Å². The number of nitrogens with zero attached hydrogens (tertiary/aromatic N) is 2. The summed E-state index contributed by atoms with van der Waals surface area (Å²) in [5.74, 6) is 0.452. The fourth-order valence-corrected chi connectivity index (χ4v) is 5.16. The summed E-state index contributed by atoms with van der Waals surface area (Å²) in [6, 6.07) is 7.80. The Kier molecular flexibility index (Phi) is 4.29. The Morgan fingerprint density at radius 3 is 2.74 bits per heavy atom. The van der Waals surface area contributed by atoms with E-state index in [4.69, 9.17) is 0 Å². The predicted molar refractivity (Wildman–Crippen MR) is 91.6 cm³/mol. The summed E-state index contributed by atoms with van der Waals surface area (Å²) in [5, 5.41) is 0.954. The van der Waals surface area contributed by atoms with E-state index in [9.17, 15) is 13.2 Å². The van der Waals surface area contributed by atoms with Gasteiger partial charge in [-0.05, 0) is 19.0 Å². The van der Waals surface area contributed by atoms with Crippen molar-refractivity contribution in [3.63, 3.8) is 0 Å². The molecule has 1 saturated heterocycles. The number of hydrogen-bond acceptors (Lipinski definition) is 4. The first-order chi connectivity index (χ1) is 10.9. The van der Waals surface area contributed by atoms with Crippen molar-refractivity contribution < 1.29 is 13.2 Å². The second-order valence-electron chi connectivity index (χ2n) is 6.21. The highest BCUT2D eigenvalue weighted by molar-refractivity contribution is 7.91. The number of hydrogen-bond donors (Lipinski definition) is 0. The van der Waals surface area contributed by atoms with Gasteiger partial charge in [0.1, 0.15) is 0 Å². The molecule has 0 radical (unpaired) electrons. The van der Waals surface area contributed by atoms with Gasteiger partial charge in [-0.3, -0.25) is 9.69 Å². The van der Waals surface area contributed by atoms with E-state index in [-0.39, 0.29) is 29.9 Å². The normalized spacial score (nSPS) is 20.4. The molecule has 1 aliphatic rings. The number of aryl methyl sites for hydroxylation is 1. The molecule has 0 spiro atoms. The minimum Gasteiger partial charge on any atom is -0.350 e. The Bertz CT molecular complexity index is 839. The largest absolute Gasteiger partial charge is 0.350 e. The zero-order chi connectivity index (χ0) is 16.6. The van der Waals surface area contributed by atoms with Gasteiger partial charge < -0.3 is 4.57 Å². The Morgan fingerprint density at radius 2 is 2.09 bits per heavy atom. The van der Waals surface area contributed by atoms with E-state index in [1.165, 1.54) is 0 Å². The summed E-state index contributed by atoms with van der Waals surface area (Å²) in [5.41, 5.74) is 1.74. The van der Waals surface area contributed by atoms with Gasteiger partial charge in [-0.25, -0.2) is 8.42 Å². The van der Waals surface area contributed by atoms with Gasteiger partial charge in [0.25, 0.3) is 0 Å². The van der Waals surface area contributed by atoms with Crippen molar-refractivity contribution in [3.05, 3.63) is 36.0 Å². The van der Waals surface area contributed by atoms with Crippen molar-refractivity contribution >= 4 is 26.5 Å². The standard InChI is InChI=1S/C17H22N2O3S/c1-3-19(13-8-9-23(21,22)12-13)11-17(20)15-10-18(2)16-7-5-4-6-14(15)16/h4-7,10,13H,3,8-9,11-12H2,1-2H3. The van der Waals surface area contributed by atoms with Crippen LogP contribution in [-0.2, 0) is 16.9 Å². The number of benzene rings is 1. The number of para-hydroxylation sites is 1. The van der Waals surface area contributed by atoms with Crippen molar-refractivity contribution in [2.24, 2.45) is 7.05 Å². The van der Waals surface area contributed by atoms with Crippen molar-refractivity contribution in [3.8, 4) is 0 Å². The molecule has 2 heterocycles. The Morgan fingerprint density at radius 1 is 1.35 bits per heavy atom. The minimum absolute atomic E-state index is 0.0380. The van der Waals surface area contributed by atoms with E-state index in [1.54, 1.807) is 0 Å². The smallest absolute Gasteiger partial charge is 0.178 e. The van der Waals surface area contributed by atoms with Crippen LogP contribution in [0, 0.1) is 0 Å². The van der Waals surface area contributed by atoms with E-state index in [0.29, 0.717) is 18.5 Å². The molecule has 0 bridgehead atoms. The molecular weight excluding hydrogens is 312 g/mol. The SMILES string of the molecule is CCN(CC(=O)c1cn(C)c2ccccc12)C1CCS(=O)(=O)C1. The fraction of sp³-hybridized carbons (Fsp3) is 0.471. The molecule has 0 aliphatic carbocycles. The van der Waals surface area contributed by atoms with Crippen LogP contribution in [0.4, 0.5) is 0 Å². The molecule has 1 unspecified atom stereocenters. The summed E-state index contributed by atoms with van der Waals surface area (Å²) in [4.78, 5) is 14.7. The van der Waals surface area contributed by atoms with Crippen LogP contribution in [0.3, 0.4) is 0 Å². The van der Waals surface area contributed by atoms with Gasteiger partial charge in [0.05, 0.1) is 18.1 Å². The van der Waals surface area contributed by atoms with E-state index >= 15 is 0 Å². The predicted octanol–water partition coefficient (Wildman–Crippen LogP) is 1.87. The van der Waals surface area contributed by atoms with Crippen LogP contribution in [-0.4, -0.2) is 54.3 Å². The van der Waals surface area contributed by atoms with Gasteiger partial charge in [-0.15, -0.1) is 0 Å². The molecule has 124 valence electrons. The third kappa shape index (κ3) is 3.19. The van der Waals surface area contributed by atoms with Crippen LogP contribution in [0.15, 0.2) is 30.5 Å².